The third-order valence-electron chi connectivity index (χ3n) is 2.45. The van der Waals surface area contributed by atoms with Gasteiger partial charge in [0.1, 0.15) is 0 Å². The highest BCUT2D eigenvalue weighted by Crippen LogP contribution is 2.19. The fourth-order valence-electron chi connectivity index (χ4n) is 1.51. The predicted molar refractivity (Wildman–Crippen MR) is 76.9 cm³/mol. The summed E-state index contributed by atoms with van der Waals surface area (Å²) in [4.78, 5) is 11.7. The minimum Gasteiger partial charge on any atom is -0.385 e. The van der Waals surface area contributed by atoms with Gasteiger partial charge in [-0.2, -0.15) is 0 Å². The van der Waals surface area contributed by atoms with E-state index < -0.39 is 0 Å². The molecule has 18 heavy (non-hydrogen) atoms. The number of nitrogens with one attached hydrogen (secondary N) is 2. The van der Waals surface area contributed by atoms with Gasteiger partial charge in [0.2, 0.25) is 5.91 Å². The third-order valence-corrected chi connectivity index (χ3v) is 2.94. The first kappa shape index (κ1) is 15.1. The number of rotatable bonds is 7. The number of hydrogen-bond acceptors (Lipinski definition) is 3. The van der Waals surface area contributed by atoms with Gasteiger partial charge < -0.3 is 15.4 Å². The number of carbonyl (C=O) groups excluding carboxylic acids is 1. The number of benzene rings is 1. The third kappa shape index (κ3) is 5.62. The van der Waals surface area contributed by atoms with Gasteiger partial charge in [0.05, 0.1) is 6.54 Å². The van der Waals surface area contributed by atoms with E-state index in [0.29, 0.717) is 13.2 Å². The van der Waals surface area contributed by atoms with Gasteiger partial charge in [-0.05, 0) is 43.7 Å². The van der Waals surface area contributed by atoms with E-state index in [9.17, 15) is 4.79 Å². The van der Waals surface area contributed by atoms with Crippen LogP contribution in [0.2, 0.25) is 0 Å². The van der Waals surface area contributed by atoms with Gasteiger partial charge in [-0.3, -0.25) is 4.79 Å². The van der Waals surface area contributed by atoms with Crippen LogP contribution in [-0.4, -0.2) is 32.7 Å². The van der Waals surface area contributed by atoms with Crippen LogP contribution in [0.15, 0.2) is 22.7 Å². The van der Waals surface area contributed by atoms with E-state index in [0.717, 1.165) is 28.7 Å². The highest BCUT2D eigenvalue weighted by molar-refractivity contribution is 9.10. The lowest BCUT2D eigenvalue weighted by atomic mass is 10.2. The second-order valence-corrected chi connectivity index (χ2v) is 4.95. The van der Waals surface area contributed by atoms with Crippen LogP contribution in [0.3, 0.4) is 0 Å². The Morgan fingerprint density at radius 1 is 1.44 bits per heavy atom. The quantitative estimate of drug-likeness (QED) is 0.759. The van der Waals surface area contributed by atoms with Gasteiger partial charge in [-0.15, -0.1) is 0 Å². The van der Waals surface area contributed by atoms with E-state index >= 15 is 0 Å². The number of amides is 1. The summed E-state index contributed by atoms with van der Waals surface area (Å²) >= 11 is 3.39. The molecule has 0 aliphatic rings. The Labute approximate surface area is 116 Å². The molecule has 1 aromatic carbocycles. The average molecular weight is 315 g/mol. The van der Waals surface area contributed by atoms with Crippen molar-refractivity contribution in [2.75, 3.05) is 32.1 Å². The number of halogens is 1. The maximum atomic E-state index is 11.7. The standard InChI is InChI=1S/C13H19BrN2O2/c1-10-8-11(14)4-5-12(10)16-13(17)9-15-6-3-7-18-2/h4-5,8,15H,3,6-7,9H2,1-2H3,(H,16,17). The lowest BCUT2D eigenvalue weighted by Gasteiger charge is -2.09. The molecule has 2 N–H and O–H groups in total. The molecular weight excluding hydrogens is 296 g/mol. The zero-order chi connectivity index (χ0) is 13.4. The molecular formula is C13H19BrN2O2. The minimum atomic E-state index is -0.0298. The first-order valence-corrected chi connectivity index (χ1v) is 6.68. The molecule has 0 aliphatic carbocycles. The fraction of sp³-hybridized carbons (Fsp3) is 0.462. The Hall–Kier alpha value is -0.910. The summed E-state index contributed by atoms with van der Waals surface area (Å²) in [6.07, 6.45) is 0.904. The molecule has 0 radical (unpaired) electrons. The van der Waals surface area contributed by atoms with Crippen molar-refractivity contribution < 1.29 is 9.53 Å². The van der Waals surface area contributed by atoms with Crippen LogP contribution >= 0.6 is 15.9 Å². The van der Waals surface area contributed by atoms with Crippen molar-refractivity contribution in [3.05, 3.63) is 28.2 Å². The fourth-order valence-corrected chi connectivity index (χ4v) is 1.98. The van der Waals surface area contributed by atoms with Crippen LogP contribution in [0, 0.1) is 6.92 Å². The highest BCUT2D eigenvalue weighted by atomic mass is 79.9. The Bertz CT molecular complexity index is 397. The number of hydrogen-bond donors (Lipinski definition) is 2. The van der Waals surface area contributed by atoms with E-state index in [1.54, 1.807) is 7.11 Å². The topological polar surface area (TPSA) is 50.4 Å². The van der Waals surface area contributed by atoms with Crippen molar-refractivity contribution in [3.63, 3.8) is 0 Å². The van der Waals surface area contributed by atoms with Crippen LogP contribution in [0.5, 0.6) is 0 Å². The molecule has 4 nitrogen and oxygen atoms in total. The molecule has 0 aliphatic heterocycles. The van der Waals surface area contributed by atoms with Gasteiger partial charge in [0.25, 0.3) is 0 Å². The molecule has 100 valence electrons. The maximum absolute atomic E-state index is 11.7. The van der Waals surface area contributed by atoms with Crippen LogP contribution in [0.1, 0.15) is 12.0 Å². The van der Waals surface area contributed by atoms with Gasteiger partial charge in [0.15, 0.2) is 0 Å². The van der Waals surface area contributed by atoms with E-state index in [1.807, 2.05) is 25.1 Å². The summed E-state index contributed by atoms with van der Waals surface area (Å²) in [5.74, 6) is -0.0298. The summed E-state index contributed by atoms with van der Waals surface area (Å²) in [6.45, 7) is 3.77. The molecule has 1 rings (SSSR count). The lowest BCUT2D eigenvalue weighted by Crippen LogP contribution is -2.29. The molecule has 0 aromatic heterocycles. The smallest absolute Gasteiger partial charge is 0.238 e. The van der Waals surface area contributed by atoms with Crippen LogP contribution in [0.4, 0.5) is 5.69 Å². The molecule has 0 unspecified atom stereocenters. The Balaban J connectivity index is 2.31. The number of aryl methyl sites for hydroxylation is 1. The normalized spacial score (nSPS) is 10.4. The second kappa shape index (κ2) is 8.24. The first-order valence-electron chi connectivity index (χ1n) is 5.89. The van der Waals surface area contributed by atoms with Crippen molar-refractivity contribution in [2.45, 2.75) is 13.3 Å². The molecule has 5 heteroatoms. The van der Waals surface area contributed by atoms with Crippen molar-refractivity contribution in [1.29, 1.82) is 0 Å². The summed E-state index contributed by atoms with van der Waals surface area (Å²) in [7, 11) is 1.67. The predicted octanol–water partition coefficient (Wildman–Crippen LogP) is 2.32. The zero-order valence-corrected chi connectivity index (χ0v) is 12.3. The monoisotopic (exact) mass is 314 g/mol. The van der Waals surface area contributed by atoms with Crippen molar-refractivity contribution >= 4 is 27.5 Å². The average Bonchev–Trinajstić information content (AvgIpc) is 2.32. The molecule has 0 fully saturated rings. The van der Waals surface area contributed by atoms with E-state index in [4.69, 9.17) is 4.74 Å². The number of carbonyl (C=O) groups is 1. The molecule has 1 amide bonds. The van der Waals surface area contributed by atoms with Gasteiger partial charge in [-0.25, -0.2) is 0 Å². The Morgan fingerprint density at radius 2 is 2.22 bits per heavy atom. The summed E-state index contributed by atoms with van der Waals surface area (Å²) in [5.41, 5.74) is 1.89. The molecule has 0 heterocycles. The van der Waals surface area contributed by atoms with E-state index in [-0.39, 0.29) is 5.91 Å². The molecule has 1 aromatic rings. The minimum absolute atomic E-state index is 0.0298. The second-order valence-electron chi connectivity index (χ2n) is 4.03. The van der Waals surface area contributed by atoms with Gasteiger partial charge in [-0.1, -0.05) is 15.9 Å². The Morgan fingerprint density at radius 3 is 2.89 bits per heavy atom. The zero-order valence-electron chi connectivity index (χ0n) is 10.8. The van der Waals surface area contributed by atoms with Crippen molar-refractivity contribution in [3.8, 4) is 0 Å². The first-order chi connectivity index (χ1) is 8.63. The van der Waals surface area contributed by atoms with Gasteiger partial charge in [0, 0.05) is 23.9 Å². The number of anilines is 1. The number of ether oxygens (including phenoxy) is 1. The van der Waals surface area contributed by atoms with Crippen LogP contribution < -0.4 is 10.6 Å². The molecule has 0 saturated heterocycles. The lowest BCUT2D eigenvalue weighted by molar-refractivity contribution is -0.115. The molecule has 0 atom stereocenters. The summed E-state index contributed by atoms with van der Waals surface area (Å²) < 4.78 is 5.94. The maximum Gasteiger partial charge on any atom is 0.238 e. The van der Waals surface area contributed by atoms with Crippen molar-refractivity contribution in [2.24, 2.45) is 0 Å². The highest BCUT2D eigenvalue weighted by Gasteiger charge is 2.04. The molecule has 0 bridgehead atoms. The Kier molecular flexibility index (Phi) is 6.93. The SMILES string of the molecule is COCCCNCC(=O)Nc1ccc(Br)cc1C. The number of methoxy groups -OCH3 is 1. The van der Waals surface area contributed by atoms with E-state index in [1.165, 1.54) is 0 Å². The molecule has 0 saturated carbocycles. The summed E-state index contributed by atoms with van der Waals surface area (Å²) in [6, 6.07) is 5.78. The summed E-state index contributed by atoms with van der Waals surface area (Å²) in [5, 5.41) is 5.94. The molecule has 0 spiro atoms. The van der Waals surface area contributed by atoms with Crippen LogP contribution in [-0.2, 0) is 9.53 Å². The largest absolute Gasteiger partial charge is 0.385 e. The van der Waals surface area contributed by atoms with Crippen molar-refractivity contribution in [1.82, 2.24) is 5.32 Å². The van der Waals surface area contributed by atoms with E-state index in [2.05, 4.69) is 26.6 Å². The van der Waals surface area contributed by atoms with Crippen LogP contribution in [0.25, 0.3) is 0 Å². The van der Waals surface area contributed by atoms with Gasteiger partial charge >= 0.3 is 0 Å².